The molecule has 1 unspecified atom stereocenters. The Hall–Kier alpha value is -0.120. The molecule has 1 atom stereocenters. The van der Waals surface area contributed by atoms with Gasteiger partial charge in [-0.15, -0.1) is 0 Å². The fourth-order valence-corrected chi connectivity index (χ4v) is 0.500. The summed E-state index contributed by atoms with van der Waals surface area (Å²) in [4.78, 5) is 0. The third-order valence-corrected chi connectivity index (χ3v) is 1.23. The normalized spacial score (nSPS) is 13.7. The highest BCUT2D eigenvalue weighted by molar-refractivity contribution is 4.59. The molecule has 0 aliphatic rings. The number of hydrogen-bond donors (Lipinski definition) is 3. The Bertz CT molecular complexity index is 59.0. The van der Waals surface area contributed by atoms with Gasteiger partial charge in [0.05, 0.1) is 6.61 Å². The summed E-state index contributed by atoms with van der Waals surface area (Å²) >= 11 is 0. The number of rotatable bonds is 5. The van der Waals surface area contributed by atoms with Crippen LogP contribution in [0.1, 0.15) is 6.92 Å². The van der Waals surface area contributed by atoms with Crippen molar-refractivity contribution in [2.75, 3.05) is 26.7 Å². The van der Waals surface area contributed by atoms with E-state index in [2.05, 4.69) is 17.6 Å². The van der Waals surface area contributed by atoms with Crippen molar-refractivity contribution in [2.45, 2.75) is 13.0 Å². The van der Waals surface area contributed by atoms with E-state index in [1.165, 1.54) is 0 Å². The fraction of sp³-hybridized carbons (Fsp3) is 1.00. The van der Waals surface area contributed by atoms with Gasteiger partial charge in [0.1, 0.15) is 0 Å². The summed E-state index contributed by atoms with van der Waals surface area (Å²) in [6.45, 7) is 3.91. The highest BCUT2D eigenvalue weighted by Crippen LogP contribution is 1.72. The molecule has 0 bridgehead atoms. The van der Waals surface area contributed by atoms with Crippen LogP contribution < -0.4 is 10.6 Å². The molecule has 0 spiro atoms. The number of hydrogen-bond acceptors (Lipinski definition) is 3. The minimum Gasteiger partial charge on any atom is -0.395 e. The fourth-order valence-electron chi connectivity index (χ4n) is 0.500. The van der Waals surface area contributed by atoms with Gasteiger partial charge in [0.2, 0.25) is 0 Å². The van der Waals surface area contributed by atoms with Gasteiger partial charge in [-0.1, -0.05) is 0 Å². The summed E-state index contributed by atoms with van der Waals surface area (Å²) < 4.78 is 0. The Kier molecular flexibility index (Phi) is 5.93. The average molecular weight is 132 g/mol. The quantitative estimate of drug-likeness (QED) is 0.428. The van der Waals surface area contributed by atoms with E-state index in [-0.39, 0.29) is 6.61 Å². The van der Waals surface area contributed by atoms with E-state index in [9.17, 15) is 0 Å². The van der Waals surface area contributed by atoms with Crippen molar-refractivity contribution in [2.24, 2.45) is 0 Å². The lowest BCUT2D eigenvalue weighted by molar-refractivity contribution is 0.290. The van der Waals surface area contributed by atoms with Crippen molar-refractivity contribution < 1.29 is 5.11 Å². The van der Waals surface area contributed by atoms with E-state index in [1.54, 1.807) is 0 Å². The second-order valence-electron chi connectivity index (χ2n) is 2.12. The molecule has 0 aromatic carbocycles. The van der Waals surface area contributed by atoms with Crippen molar-refractivity contribution in [1.29, 1.82) is 0 Å². The summed E-state index contributed by atoms with van der Waals surface area (Å²) in [6, 6.07) is 0.483. The van der Waals surface area contributed by atoms with Crippen LogP contribution in [0.4, 0.5) is 0 Å². The standard InChI is InChI=1S/C6H16N2O/c1-6(7-2)5-8-3-4-9/h6-9H,3-5H2,1-2H3. The van der Waals surface area contributed by atoms with Gasteiger partial charge in [-0.2, -0.15) is 0 Å². The van der Waals surface area contributed by atoms with Crippen LogP contribution in [-0.4, -0.2) is 37.9 Å². The molecule has 3 nitrogen and oxygen atoms in total. The molecule has 0 saturated carbocycles. The molecule has 0 fully saturated rings. The van der Waals surface area contributed by atoms with Crippen molar-refractivity contribution in [3.05, 3.63) is 0 Å². The van der Waals surface area contributed by atoms with Crippen molar-refractivity contribution >= 4 is 0 Å². The van der Waals surface area contributed by atoms with Crippen molar-refractivity contribution in [3.63, 3.8) is 0 Å². The number of likely N-dealkylation sites (N-methyl/N-ethyl adjacent to an activating group) is 1. The predicted molar refractivity (Wildman–Crippen MR) is 38.5 cm³/mol. The summed E-state index contributed by atoms with van der Waals surface area (Å²) in [5.41, 5.74) is 0. The maximum Gasteiger partial charge on any atom is 0.0555 e. The van der Waals surface area contributed by atoms with Crippen LogP contribution in [0.3, 0.4) is 0 Å². The molecule has 0 saturated heterocycles. The summed E-state index contributed by atoms with van der Waals surface area (Å²) in [7, 11) is 1.92. The van der Waals surface area contributed by atoms with E-state index in [0.717, 1.165) is 6.54 Å². The second-order valence-corrected chi connectivity index (χ2v) is 2.12. The van der Waals surface area contributed by atoms with Crippen LogP contribution in [0.15, 0.2) is 0 Å². The molecule has 0 aromatic rings. The first-order chi connectivity index (χ1) is 4.31. The molecule has 0 aromatic heterocycles. The zero-order chi connectivity index (χ0) is 7.11. The maximum absolute atomic E-state index is 8.37. The molecular weight excluding hydrogens is 116 g/mol. The van der Waals surface area contributed by atoms with Gasteiger partial charge in [0.15, 0.2) is 0 Å². The summed E-state index contributed by atoms with van der Waals surface area (Å²) in [5.74, 6) is 0. The minimum absolute atomic E-state index is 0.219. The zero-order valence-corrected chi connectivity index (χ0v) is 6.15. The minimum atomic E-state index is 0.219. The monoisotopic (exact) mass is 132 g/mol. The first kappa shape index (κ1) is 8.88. The molecule has 3 N–H and O–H groups in total. The van der Waals surface area contributed by atoms with Crippen LogP contribution in [0.2, 0.25) is 0 Å². The Labute approximate surface area is 56.5 Å². The molecule has 0 amide bonds. The van der Waals surface area contributed by atoms with E-state index >= 15 is 0 Å². The van der Waals surface area contributed by atoms with Crippen LogP contribution >= 0.6 is 0 Å². The van der Waals surface area contributed by atoms with E-state index < -0.39 is 0 Å². The van der Waals surface area contributed by atoms with Gasteiger partial charge in [-0.25, -0.2) is 0 Å². The summed E-state index contributed by atoms with van der Waals surface area (Å²) in [5, 5.41) is 14.5. The Morgan fingerprint density at radius 1 is 1.56 bits per heavy atom. The van der Waals surface area contributed by atoms with E-state index in [4.69, 9.17) is 5.11 Å². The predicted octanol–water partition coefficient (Wildman–Crippen LogP) is -0.824. The van der Waals surface area contributed by atoms with Gasteiger partial charge in [0.25, 0.3) is 0 Å². The molecule has 0 aliphatic heterocycles. The molecule has 56 valence electrons. The van der Waals surface area contributed by atoms with E-state index in [1.807, 2.05) is 7.05 Å². The summed E-state index contributed by atoms with van der Waals surface area (Å²) in [6.07, 6.45) is 0. The third-order valence-electron chi connectivity index (χ3n) is 1.23. The highest BCUT2D eigenvalue weighted by atomic mass is 16.3. The first-order valence-electron chi connectivity index (χ1n) is 3.30. The zero-order valence-electron chi connectivity index (χ0n) is 6.15. The lowest BCUT2D eigenvalue weighted by Gasteiger charge is -2.09. The molecule has 0 rings (SSSR count). The number of nitrogens with one attached hydrogen (secondary N) is 2. The third kappa shape index (κ3) is 5.76. The highest BCUT2D eigenvalue weighted by Gasteiger charge is 1.93. The van der Waals surface area contributed by atoms with Gasteiger partial charge in [-0.3, -0.25) is 0 Å². The number of aliphatic hydroxyl groups is 1. The van der Waals surface area contributed by atoms with Crippen molar-refractivity contribution in [3.8, 4) is 0 Å². The lowest BCUT2D eigenvalue weighted by atomic mass is 10.3. The molecular formula is C6H16N2O. The Morgan fingerprint density at radius 2 is 2.22 bits per heavy atom. The molecule has 0 heterocycles. The molecule has 0 radical (unpaired) electrons. The van der Waals surface area contributed by atoms with Gasteiger partial charge >= 0.3 is 0 Å². The maximum atomic E-state index is 8.37. The second kappa shape index (κ2) is 6.01. The lowest BCUT2D eigenvalue weighted by Crippen LogP contribution is -2.35. The van der Waals surface area contributed by atoms with E-state index in [0.29, 0.717) is 12.6 Å². The van der Waals surface area contributed by atoms with Crippen LogP contribution in [0.5, 0.6) is 0 Å². The van der Waals surface area contributed by atoms with Gasteiger partial charge < -0.3 is 15.7 Å². The smallest absolute Gasteiger partial charge is 0.0555 e. The van der Waals surface area contributed by atoms with Crippen LogP contribution in [-0.2, 0) is 0 Å². The first-order valence-corrected chi connectivity index (χ1v) is 3.30. The average Bonchev–Trinajstić information content (AvgIpc) is 1.89. The number of aliphatic hydroxyl groups excluding tert-OH is 1. The molecule has 0 aliphatic carbocycles. The molecule has 3 heteroatoms. The van der Waals surface area contributed by atoms with Crippen LogP contribution in [0.25, 0.3) is 0 Å². The SMILES string of the molecule is CNC(C)CNCCO. The molecule has 9 heavy (non-hydrogen) atoms. The largest absolute Gasteiger partial charge is 0.395 e. The van der Waals surface area contributed by atoms with Crippen molar-refractivity contribution in [1.82, 2.24) is 10.6 Å². The Balaban J connectivity index is 2.88. The Morgan fingerprint density at radius 3 is 2.67 bits per heavy atom. The van der Waals surface area contributed by atoms with Gasteiger partial charge in [0, 0.05) is 19.1 Å². The van der Waals surface area contributed by atoms with Crippen LogP contribution in [0, 0.1) is 0 Å². The van der Waals surface area contributed by atoms with Gasteiger partial charge in [-0.05, 0) is 14.0 Å². The topological polar surface area (TPSA) is 44.3 Å².